The van der Waals surface area contributed by atoms with E-state index in [1.807, 2.05) is 23.5 Å². The first kappa shape index (κ1) is 13.7. The summed E-state index contributed by atoms with van der Waals surface area (Å²) in [5, 5.41) is 10.4. The monoisotopic (exact) mass is 336 g/mol. The van der Waals surface area contributed by atoms with E-state index in [-0.39, 0.29) is 11.9 Å². The maximum Gasteiger partial charge on any atom is 0.137 e. The summed E-state index contributed by atoms with van der Waals surface area (Å²) < 4.78 is 13.5. The molecule has 1 nitrogen and oxygen atoms in total. The molecule has 2 rings (SSSR count). The van der Waals surface area contributed by atoms with Crippen LogP contribution in [0.1, 0.15) is 5.56 Å². The SMILES string of the molecule is OC(Cc1ccc(F)c(Br)c1)C1CSCCS1. The zero-order valence-electron chi connectivity index (χ0n) is 9.23. The van der Waals surface area contributed by atoms with Gasteiger partial charge in [-0.2, -0.15) is 23.5 Å². The van der Waals surface area contributed by atoms with Crippen molar-refractivity contribution in [3.63, 3.8) is 0 Å². The van der Waals surface area contributed by atoms with E-state index in [9.17, 15) is 9.50 Å². The third-order valence-corrected chi connectivity index (χ3v) is 6.21. The number of hydrogen-bond acceptors (Lipinski definition) is 3. The summed E-state index contributed by atoms with van der Waals surface area (Å²) in [5.41, 5.74) is 0.974. The van der Waals surface area contributed by atoms with E-state index in [0.29, 0.717) is 16.1 Å². The average Bonchev–Trinajstić information content (AvgIpc) is 2.35. The molecule has 0 aromatic heterocycles. The minimum Gasteiger partial charge on any atom is -0.392 e. The molecule has 1 N–H and O–H groups in total. The highest BCUT2D eigenvalue weighted by atomic mass is 79.9. The van der Waals surface area contributed by atoms with E-state index in [2.05, 4.69) is 15.9 Å². The van der Waals surface area contributed by atoms with Gasteiger partial charge in [0.2, 0.25) is 0 Å². The molecule has 1 fully saturated rings. The summed E-state index contributed by atoms with van der Waals surface area (Å²) in [6, 6.07) is 4.93. The van der Waals surface area contributed by atoms with Crippen LogP contribution in [-0.2, 0) is 6.42 Å². The van der Waals surface area contributed by atoms with Crippen LogP contribution in [0, 0.1) is 5.82 Å². The fourth-order valence-corrected chi connectivity index (χ4v) is 4.97. The van der Waals surface area contributed by atoms with Crippen molar-refractivity contribution in [1.29, 1.82) is 0 Å². The van der Waals surface area contributed by atoms with Crippen molar-refractivity contribution in [2.45, 2.75) is 17.8 Å². The van der Waals surface area contributed by atoms with Crippen LogP contribution in [0.2, 0.25) is 0 Å². The molecule has 1 aliphatic heterocycles. The van der Waals surface area contributed by atoms with Crippen molar-refractivity contribution < 1.29 is 9.50 Å². The van der Waals surface area contributed by atoms with Crippen LogP contribution >= 0.6 is 39.5 Å². The molecule has 0 spiro atoms. The Labute approximate surface area is 118 Å². The number of aliphatic hydroxyl groups excluding tert-OH is 1. The molecular formula is C12H14BrFOS2. The fraction of sp³-hybridized carbons (Fsp3) is 0.500. The summed E-state index contributed by atoms with van der Waals surface area (Å²) >= 11 is 6.90. The number of thioether (sulfide) groups is 2. The molecule has 1 aromatic carbocycles. The van der Waals surface area contributed by atoms with Crippen molar-refractivity contribution in [1.82, 2.24) is 0 Å². The van der Waals surface area contributed by atoms with Gasteiger partial charge in [0.05, 0.1) is 10.6 Å². The van der Waals surface area contributed by atoms with E-state index in [0.717, 1.165) is 17.1 Å². The molecule has 5 heteroatoms. The standard InChI is InChI=1S/C12H14BrFOS2/c13-9-5-8(1-2-10(9)14)6-11(15)12-7-16-3-4-17-12/h1-2,5,11-12,15H,3-4,6-7H2. The summed E-state index contributed by atoms with van der Waals surface area (Å²) in [5.74, 6) is 3.04. The largest absolute Gasteiger partial charge is 0.392 e. The third-order valence-electron chi connectivity index (χ3n) is 2.70. The predicted molar refractivity (Wildman–Crippen MR) is 77.4 cm³/mol. The minimum absolute atomic E-state index is 0.258. The smallest absolute Gasteiger partial charge is 0.137 e. The molecule has 0 amide bonds. The molecule has 0 radical (unpaired) electrons. The molecule has 2 unspecified atom stereocenters. The first-order chi connectivity index (χ1) is 8.16. The second kappa shape index (κ2) is 6.45. The molecular weight excluding hydrogens is 323 g/mol. The molecule has 1 aliphatic rings. The van der Waals surface area contributed by atoms with Gasteiger partial charge in [-0.3, -0.25) is 0 Å². The maximum atomic E-state index is 13.1. The Balaban J connectivity index is 1.96. The van der Waals surface area contributed by atoms with E-state index >= 15 is 0 Å². The van der Waals surface area contributed by atoms with Gasteiger partial charge >= 0.3 is 0 Å². The Morgan fingerprint density at radius 1 is 1.47 bits per heavy atom. The quantitative estimate of drug-likeness (QED) is 0.914. The van der Waals surface area contributed by atoms with Gasteiger partial charge < -0.3 is 5.11 Å². The lowest BCUT2D eigenvalue weighted by Crippen LogP contribution is -2.30. The van der Waals surface area contributed by atoms with Crippen LogP contribution in [0.25, 0.3) is 0 Å². The topological polar surface area (TPSA) is 20.2 Å². The highest BCUT2D eigenvalue weighted by Gasteiger charge is 2.22. The van der Waals surface area contributed by atoms with Crippen molar-refractivity contribution in [3.8, 4) is 0 Å². The zero-order valence-corrected chi connectivity index (χ0v) is 12.5. The maximum absolute atomic E-state index is 13.1. The lowest BCUT2D eigenvalue weighted by Gasteiger charge is -2.25. The lowest BCUT2D eigenvalue weighted by molar-refractivity contribution is 0.177. The van der Waals surface area contributed by atoms with Gasteiger partial charge in [0, 0.05) is 22.5 Å². The van der Waals surface area contributed by atoms with Gasteiger partial charge in [-0.05, 0) is 40.0 Å². The van der Waals surface area contributed by atoms with Gasteiger partial charge in [-0.1, -0.05) is 6.07 Å². The second-order valence-corrected chi connectivity index (χ2v) is 7.36. The molecule has 0 saturated carbocycles. The molecule has 0 bridgehead atoms. The number of hydrogen-bond donors (Lipinski definition) is 1. The molecule has 1 aromatic rings. The Morgan fingerprint density at radius 2 is 2.29 bits per heavy atom. The first-order valence-corrected chi connectivity index (χ1v) is 8.48. The van der Waals surface area contributed by atoms with Crippen molar-refractivity contribution in [2.24, 2.45) is 0 Å². The van der Waals surface area contributed by atoms with Crippen molar-refractivity contribution in [2.75, 3.05) is 17.3 Å². The van der Waals surface area contributed by atoms with E-state index in [1.54, 1.807) is 12.1 Å². The van der Waals surface area contributed by atoms with Crippen LogP contribution in [0.3, 0.4) is 0 Å². The summed E-state index contributed by atoms with van der Waals surface area (Å²) in [6.45, 7) is 0. The van der Waals surface area contributed by atoms with Gasteiger partial charge in [-0.15, -0.1) is 0 Å². The molecule has 0 aliphatic carbocycles. The molecule has 2 atom stereocenters. The summed E-state index contributed by atoms with van der Waals surface area (Å²) in [7, 11) is 0. The zero-order chi connectivity index (χ0) is 12.3. The molecule has 1 saturated heterocycles. The van der Waals surface area contributed by atoms with E-state index < -0.39 is 0 Å². The Hall–Kier alpha value is 0.290. The van der Waals surface area contributed by atoms with E-state index in [4.69, 9.17) is 0 Å². The number of aliphatic hydroxyl groups is 1. The van der Waals surface area contributed by atoms with Gasteiger partial charge in [0.1, 0.15) is 5.82 Å². The number of halogens is 2. The van der Waals surface area contributed by atoms with Crippen LogP contribution in [0.15, 0.2) is 22.7 Å². The predicted octanol–water partition coefficient (Wildman–Crippen LogP) is 3.34. The third kappa shape index (κ3) is 3.88. The molecule has 94 valence electrons. The lowest BCUT2D eigenvalue weighted by atomic mass is 10.1. The summed E-state index contributed by atoms with van der Waals surface area (Å²) in [6.07, 6.45) is 0.252. The molecule has 17 heavy (non-hydrogen) atoms. The Kier molecular flexibility index (Phi) is 5.21. The Bertz CT molecular complexity index is 383. The van der Waals surface area contributed by atoms with Gasteiger partial charge in [-0.25, -0.2) is 4.39 Å². The number of rotatable bonds is 3. The van der Waals surface area contributed by atoms with Gasteiger partial charge in [0.15, 0.2) is 0 Å². The van der Waals surface area contributed by atoms with Crippen molar-refractivity contribution in [3.05, 3.63) is 34.1 Å². The fourth-order valence-electron chi connectivity index (χ4n) is 1.77. The molecule has 1 heterocycles. The number of benzene rings is 1. The Morgan fingerprint density at radius 3 is 2.94 bits per heavy atom. The van der Waals surface area contributed by atoms with Crippen molar-refractivity contribution >= 4 is 39.5 Å². The van der Waals surface area contributed by atoms with Crippen LogP contribution < -0.4 is 0 Å². The highest BCUT2D eigenvalue weighted by Crippen LogP contribution is 2.28. The normalized spacial score (nSPS) is 22.4. The first-order valence-electron chi connectivity index (χ1n) is 5.48. The van der Waals surface area contributed by atoms with E-state index in [1.165, 1.54) is 11.8 Å². The van der Waals surface area contributed by atoms with Crippen LogP contribution in [-0.4, -0.2) is 33.7 Å². The van der Waals surface area contributed by atoms with Crippen LogP contribution in [0.5, 0.6) is 0 Å². The minimum atomic E-state index is -0.342. The van der Waals surface area contributed by atoms with Gasteiger partial charge in [0.25, 0.3) is 0 Å². The van der Waals surface area contributed by atoms with Crippen LogP contribution in [0.4, 0.5) is 4.39 Å². The average molecular weight is 337 g/mol. The highest BCUT2D eigenvalue weighted by molar-refractivity contribution is 9.10. The second-order valence-electron chi connectivity index (χ2n) is 4.00. The summed E-state index contributed by atoms with van der Waals surface area (Å²) in [4.78, 5) is 0.